The fourth-order valence-corrected chi connectivity index (χ4v) is 3.52. The van der Waals surface area contributed by atoms with Gasteiger partial charge in [0.15, 0.2) is 0 Å². The van der Waals surface area contributed by atoms with Crippen molar-refractivity contribution in [3.8, 4) is 0 Å². The third-order valence-electron chi connectivity index (χ3n) is 3.42. The van der Waals surface area contributed by atoms with Gasteiger partial charge in [-0.05, 0) is 69.4 Å². The first-order valence-electron chi connectivity index (χ1n) is 6.45. The van der Waals surface area contributed by atoms with Gasteiger partial charge >= 0.3 is 5.97 Å². The van der Waals surface area contributed by atoms with E-state index in [0.29, 0.717) is 11.6 Å². The van der Waals surface area contributed by atoms with Crippen molar-refractivity contribution in [3.63, 3.8) is 0 Å². The van der Waals surface area contributed by atoms with Gasteiger partial charge in [-0.3, -0.25) is 0 Å². The average molecular weight is 352 g/mol. The standard InChI is InChI=1S/C15H14BrNO2S/c16-13-7-11(15(18)19)1-4-14(13)17(12-2-3-12)8-10-5-6-20-9-10/h1,4-7,9,12H,2-3,8H2,(H,18,19). The number of hydrogen-bond acceptors (Lipinski definition) is 3. The summed E-state index contributed by atoms with van der Waals surface area (Å²) < 4.78 is 0.847. The molecule has 0 atom stereocenters. The number of anilines is 1. The lowest BCUT2D eigenvalue weighted by Gasteiger charge is -2.25. The highest BCUT2D eigenvalue weighted by Crippen LogP contribution is 2.37. The molecule has 3 rings (SSSR count). The fourth-order valence-electron chi connectivity index (χ4n) is 2.25. The van der Waals surface area contributed by atoms with Crippen molar-refractivity contribution in [2.75, 3.05) is 4.90 Å². The van der Waals surface area contributed by atoms with Crippen molar-refractivity contribution in [3.05, 3.63) is 50.6 Å². The van der Waals surface area contributed by atoms with Crippen molar-refractivity contribution in [2.24, 2.45) is 0 Å². The molecular formula is C15H14BrNO2S. The van der Waals surface area contributed by atoms with E-state index in [0.717, 1.165) is 16.7 Å². The summed E-state index contributed by atoms with van der Waals surface area (Å²) in [5, 5.41) is 13.3. The highest BCUT2D eigenvalue weighted by Gasteiger charge is 2.30. The van der Waals surface area contributed by atoms with Crippen molar-refractivity contribution < 1.29 is 9.90 Å². The minimum atomic E-state index is -0.895. The number of nitrogens with zero attached hydrogens (tertiary/aromatic N) is 1. The van der Waals surface area contributed by atoms with Crippen molar-refractivity contribution in [1.29, 1.82) is 0 Å². The molecule has 1 heterocycles. The summed E-state index contributed by atoms with van der Waals surface area (Å²) in [6.07, 6.45) is 2.41. The Hall–Kier alpha value is -1.33. The molecule has 1 N–H and O–H groups in total. The molecule has 1 aliphatic rings. The molecule has 0 bridgehead atoms. The number of thiophene rings is 1. The summed E-state index contributed by atoms with van der Waals surface area (Å²) in [7, 11) is 0. The van der Waals surface area contributed by atoms with E-state index in [9.17, 15) is 4.79 Å². The van der Waals surface area contributed by atoms with Gasteiger partial charge in [0.1, 0.15) is 0 Å². The van der Waals surface area contributed by atoms with Crippen LogP contribution in [0.15, 0.2) is 39.5 Å². The highest BCUT2D eigenvalue weighted by atomic mass is 79.9. The first-order chi connectivity index (χ1) is 9.65. The predicted molar refractivity (Wildman–Crippen MR) is 84.6 cm³/mol. The van der Waals surface area contributed by atoms with Crippen molar-refractivity contribution >= 4 is 38.9 Å². The molecule has 5 heteroatoms. The van der Waals surface area contributed by atoms with Gasteiger partial charge in [-0.15, -0.1) is 0 Å². The molecule has 3 nitrogen and oxygen atoms in total. The highest BCUT2D eigenvalue weighted by molar-refractivity contribution is 9.10. The molecule has 1 fully saturated rings. The molecule has 0 radical (unpaired) electrons. The first-order valence-corrected chi connectivity index (χ1v) is 8.19. The van der Waals surface area contributed by atoms with Gasteiger partial charge in [0.2, 0.25) is 0 Å². The largest absolute Gasteiger partial charge is 0.478 e. The minimum absolute atomic E-state index is 0.312. The van der Waals surface area contributed by atoms with Crippen LogP contribution in [0.5, 0.6) is 0 Å². The van der Waals surface area contributed by atoms with Crippen LogP contribution >= 0.6 is 27.3 Å². The van der Waals surface area contributed by atoms with Gasteiger partial charge in [0.25, 0.3) is 0 Å². The average Bonchev–Trinajstić information content (AvgIpc) is 3.14. The molecule has 2 aromatic rings. The number of carbonyl (C=O) groups is 1. The zero-order valence-corrected chi connectivity index (χ0v) is 13.2. The van der Waals surface area contributed by atoms with Crippen LogP contribution in [0.3, 0.4) is 0 Å². The molecule has 1 saturated carbocycles. The Kier molecular flexibility index (Phi) is 3.81. The molecule has 20 heavy (non-hydrogen) atoms. The first kappa shape index (κ1) is 13.6. The molecule has 104 valence electrons. The molecule has 1 aromatic heterocycles. The summed E-state index contributed by atoms with van der Waals surface area (Å²) in [6.45, 7) is 0.874. The minimum Gasteiger partial charge on any atom is -0.478 e. The van der Waals surface area contributed by atoms with E-state index >= 15 is 0 Å². The normalized spacial score (nSPS) is 14.2. The second-order valence-electron chi connectivity index (χ2n) is 4.96. The van der Waals surface area contributed by atoms with E-state index in [1.54, 1.807) is 23.5 Å². The monoisotopic (exact) mass is 351 g/mol. The van der Waals surface area contributed by atoms with Crippen LogP contribution in [0.25, 0.3) is 0 Å². The lowest BCUT2D eigenvalue weighted by Crippen LogP contribution is -2.25. The summed E-state index contributed by atoms with van der Waals surface area (Å²) in [5.41, 5.74) is 2.69. The molecule has 0 saturated heterocycles. The molecule has 0 spiro atoms. The lowest BCUT2D eigenvalue weighted by molar-refractivity contribution is 0.0697. The number of carboxylic acids is 1. The molecule has 1 aromatic carbocycles. The number of hydrogen-bond donors (Lipinski definition) is 1. The van der Waals surface area contributed by atoms with Gasteiger partial charge in [-0.25, -0.2) is 4.79 Å². The Labute approximate surface area is 130 Å². The Morgan fingerprint density at radius 1 is 1.40 bits per heavy atom. The van der Waals surface area contributed by atoms with Crippen LogP contribution in [0.1, 0.15) is 28.8 Å². The van der Waals surface area contributed by atoms with Gasteiger partial charge < -0.3 is 10.0 Å². The fraction of sp³-hybridized carbons (Fsp3) is 0.267. The van der Waals surface area contributed by atoms with Crippen LogP contribution in [0.2, 0.25) is 0 Å². The second kappa shape index (κ2) is 5.58. The second-order valence-corrected chi connectivity index (χ2v) is 6.60. The SMILES string of the molecule is O=C(O)c1ccc(N(Cc2ccsc2)C2CC2)c(Br)c1. The van der Waals surface area contributed by atoms with Crippen LogP contribution in [0.4, 0.5) is 5.69 Å². The van der Waals surface area contributed by atoms with Gasteiger partial charge in [0, 0.05) is 17.1 Å². The van der Waals surface area contributed by atoms with Crippen LogP contribution in [-0.4, -0.2) is 17.1 Å². The molecular weight excluding hydrogens is 338 g/mol. The topological polar surface area (TPSA) is 40.5 Å². The summed E-state index contributed by atoms with van der Waals surface area (Å²) in [5.74, 6) is -0.895. The quantitative estimate of drug-likeness (QED) is 0.868. The Morgan fingerprint density at radius 3 is 2.75 bits per heavy atom. The zero-order valence-electron chi connectivity index (χ0n) is 10.8. The molecule has 1 aliphatic carbocycles. The van der Waals surface area contributed by atoms with Crippen LogP contribution in [0, 0.1) is 0 Å². The smallest absolute Gasteiger partial charge is 0.335 e. The summed E-state index contributed by atoms with van der Waals surface area (Å²) in [4.78, 5) is 13.4. The molecule has 0 amide bonds. The summed E-state index contributed by atoms with van der Waals surface area (Å²) in [6, 6.07) is 7.96. The van der Waals surface area contributed by atoms with Gasteiger partial charge in [0.05, 0.1) is 11.3 Å². The number of benzene rings is 1. The van der Waals surface area contributed by atoms with E-state index in [1.165, 1.54) is 18.4 Å². The maximum absolute atomic E-state index is 11.0. The third kappa shape index (κ3) is 2.88. The van der Waals surface area contributed by atoms with E-state index < -0.39 is 5.97 Å². The van der Waals surface area contributed by atoms with Crippen LogP contribution in [-0.2, 0) is 6.54 Å². The number of aromatic carboxylic acids is 1. The lowest BCUT2D eigenvalue weighted by atomic mass is 10.2. The summed E-state index contributed by atoms with van der Waals surface area (Å²) >= 11 is 5.22. The Morgan fingerprint density at radius 2 is 2.20 bits per heavy atom. The zero-order chi connectivity index (χ0) is 14.1. The number of carboxylic acid groups (broad SMARTS) is 1. The van der Waals surface area contributed by atoms with E-state index in [4.69, 9.17) is 5.11 Å². The van der Waals surface area contributed by atoms with Crippen molar-refractivity contribution in [1.82, 2.24) is 0 Å². The Balaban J connectivity index is 1.89. The van der Waals surface area contributed by atoms with Crippen molar-refractivity contribution in [2.45, 2.75) is 25.4 Å². The third-order valence-corrected chi connectivity index (χ3v) is 4.79. The van der Waals surface area contributed by atoms with E-state index in [1.807, 2.05) is 6.07 Å². The molecule has 0 unspecified atom stereocenters. The number of halogens is 1. The van der Waals surface area contributed by atoms with Gasteiger partial charge in [-0.1, -0.05) is 0 Å². The maximum Gasteiger partial charge on any atom is 0.335 e. The predicted octanol–water partition coefficient (Wildman–Crippen LogP) is 4.38. The maximum atomic E-state index is 11.0. The van der Waals surface area contributed by atoms with Crippen LogP contribution < -0.4 is 4.90 Å². The van der Waals surface area contributed by atoms with E-state index in [2.05, 4.69) is 37.7 Å². The number of rotatable bonds is 5. The van der Waals surface area contributed by atoms with Gasteiger partial charge in [-0.2, -0.15) is 11.3 Å². The Bertz CT molecular complexity index is 623. The molecule has 0 aliphatic heterocycles. The van der Waals surface area contributed by atoms with E-state index in [-0.39, 0.29) is 0 Å².